The largest absolute Gasteiger partial charge is 0.357 e. The van der Waals surface area contributed by atoms with Gasteiger partial charge in [0.1, 0.15) is 5.83 Å². The highest BCUT2D eigenvalue weighted by molar-refractivity contribution is 6.30. The number of carbonyl (C=O) groups excluding carboxylic acids is 2. The maximum atomic E-state index is 13.0. The average molecular weight is 275 g/mol. The number of carbonyl (C=O) groups is 2. The summed E-state index contributed by atoms with van der Waals surface area (Å²) in [6, 6.07) is 6.28. The van der Waals surface area contributed by atoms with Crippen LogP contribution in [0.5, 0.6) is 0 Å². The molecular weight excluding hydrogens is 263 g/mol. The van der Waals surface area contributed by atoms with Crippen LogP contribution in [0.25, 0.3) is 0 Å². The number of hydrogen-bond acceptors (Lipinski definition) is 3. The Morgan fingerprint density at radius 2 is 1.80 bits per heavy atom. The molecule has 2 amide bonds. The molecule has 1 heterocycles. The second-order valence-electron chi connectivity index (χ2n) is 4.22. The number of halogens is 1. The molecule has 102 valence electrons. The van der Waals surface area contributed by atoms with Gasteiger partial charge in [0.05, 0.1) is 11.1 Å². The smallest absolute Gasteiger partial charge is 0.350 e. The first-order valence-electron chi connectivity index (χ1n) is 5.75. The van der Waals surface area contributed by atoms with Crippen LogP contribution in [-0.2, 0) is 0 Å². The molecule has 1 aliphatic heterocycles. The first kappa shape index (κ1) is 13.7. The molecule has 0 aromatic heterocycles. The fourth-order valence-electron chi connectivity index (χ4n) is 1.84. The van der Waals surface area contributed by atoms with Gasteiger partial charge in [-0.25, -0.2) is 14.0 Å². The Hall–Kier alpha value is -2.76. The average Bonchev–Trinajstić information content (AvgIpc) is 2.69. The number of amidine groups is 1. The molecule has 0 saturated carbocycles. The molecule has 1 aromatic rings. The van der Waals surface area contributed by atoms with E-state index >= 15 is 0 Å². The summed E-state index contributed by atoms with van der Waals surface area (Å²) in [5.74, 6) is -2.13. The molecule has 0 unspecified atom stereocenters. The highest BCUT2D eigenvalue weighted by Crippen LogP contribution is 2.22. The number of hydrogen-bond donors (Lipinski definition) is 2. The SMILES string of the molecule is C=C(F)/C(C)=C\C(=[NH+]\O)N1C(=O)c2ccccc2C1=O. The van der Waals surface area contributed by atoms with Crippen molar-refractivity contribution >= 4 is 17.6 Å². The molecule has 0 saturated heterocycles. The van der Waals surface area contributed by atoms with E-state index in [4.69, 9.17) is 5.21 Å². The molecule has 0 radical (unpaired) electrons. The fourth-order valence-corrected chi connectivity index (χ4v) is 1.84. The van der Waals surface area contributed by atoms with E-state index < -0.39 is 17.6 Å². The Morgan fingerprint density at radius 3 is 2.20 bits per heavy atom. The molecule has 1 aromatic carbocycles. The van der Waals surface area contributed by atoms with Gasteiger partial charge in [0.2, 0.25) is 0 Å². The molecule has 0 bridgehead atoms. The lowest BCUT2D eigenvalue weighted by molar-refractivity contribution is -0.739. The maximum absolute atomic E-state index is 13.0. The van der Waals surface area contributed by atoms with Crippen LogP contribution in [0.3, 0.4) is 0 Å². The van der Waals surface area contributed by atoms with Crippen LogP contribution in [0.2, 0.25) is 0 Å². The lowest BCUT2D eigenvalue weighted by Crippen LogP contribution is -2.73. The summed E-state index contributed by atoms with van der Waals surface area (Å²) in [6.07, 6.45) is 1.13. The Morgan fingerprint density at radius 1 is 1.30 bits per heavy atom. The molecule has 0 aliphatic carbocycles. The summed E-state index contributed by atoms with van der Waals surface area (Å²) < 4.78 is 13.0. The number of amides is 2. The standard InChI is InChI=1S/C14H11FN2O3/c1-8(9(2)15)7-12(16-20)17-13(18)10-5-3-4-6-11(10)14(17)19/h3-7,20H,2H2,1H3/p+1/b8-7-,16-12-. The number of benzene rings is 1. The maximum Gasteiger partial charge on any atom is 0.350 e. The summed E-state index contributed by atoms with van der Waals surface area (Å²) in [7, 11) is 0. The summed E-state index contributed by atoms with van der Waals surface area (Å²) in [5.41, 5.74) is 0.545. The normalized spacial score (nSPS) is 15.6. The van der Waals surface area contributed by atoms with Crippen molar-refractivity contribution < 1.29 is 24.3 Å². The van der Waals surface area contributed by atoms with Crippen LogP contribution >= 0.6 is 0 Å². The Balaban J connectivity index is 2.45. The predicted octanol–water partition coefficient (Wildman–Crippen LogP) is 0.580. The molecule has 6 heteroatoms. The molecule has 2 N–H and O–H groups in total. The van der Waals surface area contributed by atoms with Gasteiger partial charge < -0.3 is 5.21 Å². The molecule has 2 rings (SSSR count). The minimum absolute atomic E-state index is 0.0816. The van der Waals surface area contributed by atoms with Crippen molar-refractivity contribution in [2.24, 2.45) is 0 Å². The molecular formula is C14H12FN2O3+. The first-order chi connectivity index (χ1) is 9.47. The van der Waals surface area contributed by atoms with Gasteiger partial charge in [-0.1, -0.05) is 23.9 Å². The van der Waals surface area contributed by atoms with Gasteiger partial charge in [-0.15, -0.1) is 4.90 Å². The number of rotatable bonds is 2. The Bertz CT molecular complexity index is 642. The van der Waals surface area contributed by atoms with E-state index in [2.05, 4.69) is 6.58 Å². The van der Waals surface area contributed by atoms with Gasteiger partial charge >= 0.3 is 17.6 Å². The third kappa shape index (κ3) is 2.11. The minimum atomic E-state index is -0.727. The van der Waals surface area contributed by atoms with Crippen LogP contribution in [0.1, 0.15) is 27.6 Å². The van der Waals surface area contributed by atoms with Gasteiger partial charge in [-0.2, -0.15) is 0 Å². The van der Waals surface area contributed by atoms with Crippen LogP contribution in [0.4, 0.5) is 4.39 Å². The number of fused-ring (bicyclic) bond motifs is 1. The lowest BCUT2D eigenvalue weighted by atomic mass is 10.1. The van der Waals surface area contributed by atoms with E-state index in [1.165, 1.54) is 19.1 Å². The minimum Gasteiger partial charge on any atom is -0.357 e. The van der Waals surface area contributed by atoms with Gasteiger partial charge in [0.15, 0.2) is 0 Å². The van der Waals surface area contributed by atoms with Crippen molar-refractivity contribution in [1.82, 2.24) is 4.90 Å². The molecule has 20 heavy (non-hydrogen) atoms. The quantitative estimate of drug-likeness (QED) is 0.207. The topological polar surface area (TPSA) is 71.6 Å². The summed E-state index contributed by atoms with van der Waals surface area (Å²) in [5, 5.41) is 10.8. The van der Waals surface area contributed by atoms with E-state index in [-0.39, 0.29) is 22.5 Å². The highest BCUT2D eigenvalue weighted by atomic mass is 19.1. The van der Waals surface area contributed by atoms with Gasteiger partial charge in [-0.05, 0) is 24.6 Å². The second kappa shape index (κ2) is 5.08. The van der Waals surface area contributed by atoms with Crippen molar-refractivity contribution in [3.63, 3.8) is 0 Å². The second-order valence-corrected chi connectivity index (χ2v) is 4.22. The third-order valence-electron chi connectivity index (χ3n) is 2.93. The summed E-state index contributed by atoms with van der Waals surface area (Å²) in [6.45, 7) is 4.50. The first-order valence-corrected chi connectivity index (χ1v) is 5.75. The molecule has 0 atom stereocenters. The van der Waals surface area contributed by atoms with Crippen molar-refractivity contribution in [3.05, 3.63) is 59.4 Å². The highest BCUT2D eigenvalue weighted by Gasteiger charge is 2.45. The summed E-state index contributed by atoms with van der Waals surface area (Å²) in [4.78, 5) is 25.0. The van der Waals surface area contributed by atoms with Crippen molar-refractivity contribution in [3.8, 4) is 0 Å². The lowest BCUT2D eigenvalue weighted by Gasteiger charge is -2.04. The van der Waals surface area contributed by atoms with Gasteiger partial charge in [0.25, 0.3) is 0 Å². The van der Waals surface area contributed by atoms with Gasteiger partial charge in [0, 0.05) is 6.08 Å². The predicted molar refractivity (Wildman–Crippen MR) is 68.7 cm³/mol. The third-order valence-corrected chi connectivity index (χ3v) is 2.93. The van der Waals surface area contributed by atoms with E-state index in [0.717, 1.165) is 11.0 Å². The van der Waals surface area contributed by atoms with Crippen LogP contribution in [-0.4, -0.2) is 27.8 Å². The zero-order valence-corrected chi connectivity index (χ0v) is 10.7. The number of imide groups is 1. The zero-order valence-electron chi connectivity index (χ0n) is 10.7. The number of allylic oxidation sites excluding steroid dienone is 2. The fraction of sp³-hybridized carbons (Fsp3) is 0.0714. The van der Waals surface area contributed by atoms with E-state index in [9.17, 15) is 14.0 Å². The van der Waals surface area contributed by atoms with E-state index in [1.807, 2.05) is 0 Å². The van der Waals surface area contributed by atoms with Crippen LogP contribution < -0.4 is 5.16 Å². The Kier molecular flexibility index (Phi) is 3.47. The van der Waals surface area contributed by atoms with Crippen LogP contribution in [0, 0.1) is 0 Å². The van der Waals surface area contributed by atoms with Crippen molar-refractivity contribution in [1.29, 1.82) is 0 Å². The molecule has 0 spiro atoms. The van der Waals surface area contributed by atoms with Gasteiger partial charge in [-0.3, -0.25) is 0 Å². The van der Waals surface area contributed by atoms with Crippen LogP contribution in [0.15, 0.2) is 48.3 Å². The van der Waals surface area contributed by atoms with E-state index in [0.29, 0.717) is 0 Å². The van der Waals surface area contributed by atoms with E-state index in [1.54, 1.807) is 17.3 Å². The zero-order chi connectivity index (χ0) is 14.9. The number of nitrogens with zero attached hydrogens (tertiary/aromatic N) is 1. The van der Waals surface area contributed by atoms with Crippen molar-refractivity contribution in [2.45, 2.75) is 6.92 Å². The molecule has 1 aliphatic rings. The number of nitrogens with one attached hydrogen (secondary N) is 1. The summed E-state index contributed by atoms with van der Waals surface area (Å²) >= 11 is 0. The Labute approximate surface area is 114 Å². The molecule has 0 fully saturated rings. The molecule has 5 nitrogen and oxygen atoms in total. The monoisotopic (exact) mass is 275 g/mol. The van der Waals surface area contributed by atoms with Crippen molar-refractivity contribution in [2.75, 3.05) is 0 Å².